The number of anilines is 1. The molecule has 486 valence electrons. The molecule has 2 saturated heterocycles. The number of nitrogens with zero attached hydrogens (tertiary/aromatic N) is 7. The quantitative estimate of drug-likeness (QED) is 0.0404. The van der Waals surface area contributed by atoms with Crippen molar-refractivity contribution in [3.05, 3.63) is 95.8 Å². The van der Waals surface area contributed by atoms with Crippen molar-refractivity contribution in [2.45, 2.75) is 167 Å². The van der Waals surface area contributed by atoms with Crippen molar-refractivity contribution < 1.29 is 82.8 Å². The van der Waals surface area contributed by atoms with Crippen molar-refractivity contribution in [3.63, 3.8) is 0 Å². The second kappa shape index (κ2) is 32.1. The van der Waals surface area contributed by atoms with Crippen LogP contribution in [0, 0.1) is 23.7 Å². The van der Waals surface area contributed by atoms with Crippen molar-refractivity contribution in [2.75, 3.05) is 40.2 Å². The number of carboxylic acids is 1. The first-order valence-corrected chi connectivity index (χ1v) is 29.7. The maximum atomic E-state index is 14.9. The second-order valence-electron chi connectivity index (χ2n) is 23.4. The lowest BCUT2D eigenvalue weighted by Crippen LogP contribution is -2.61. The number of rotatable bonds is 28. The number of benzene rings is 3. The number of carbonyl (C=O) groups excluding carboxylic acids is 6. The molecule has 3 heterocycles. The van der Waals surface area contributed by atoms with E-state index >= 15 is 0 Å². The molecule has 89 heavy (non-hydrogen) atoms. The minimum absolute atomic E-state index is 0.0894. The Balaban J connectivity index is 1.14. The number of aliphatic hydroxyl groups is 4. The number of aliphatic carboxylic acids is 1. The molecule has 2 aliphatic heterocycles. The SMILES string of the molecule is CC[C@H](C)[C@@H]([C@@H](CC(=O)N1CCC[C@H]1[C@H](OC)[C@@H](C)C(=O)N[C@H](C)[C@@H](O)c1ccccc1)OC)N(C)C(=O)[C@@H](NC(=O)[C@H](C(C)C)N(C)C(=O)OCc1ccc(O[C@@H]2O[C@H](C(=O)O)[C@@H](O)[C@H](O)[C@H]2O)c(NC(=O)c2ccc(-c3nncnn3)cc2)c1)C(C)C. The first kappa shape index (κ1) is 70.3. The van der Waals surface area contributed by atoms with Crippen molar-refractivity contribution in [1.82, 2.24) is 45.7 Å². The molecule has 6 amide bonds. The molecule has 6 rings (SSSR count). The summed E-state index contributed by atoms with van der Waals surface area (Å²) in [7, 11) is 5.96. The molecular formula is C62H86N10O17. The van der Waals surface area contributed by atoms with Crippen molar-refractivity contribution in [3.8, 4) is 17.1 Å². The number of methoxy groups -OCH3 is 2. The van der Waals surface area contributed by atoms with Crippen LogP contribution in [0.15, 0.2) is 79.1 Å². The average molecular weight is 1240 g/mol. The molecule has 0 radical (unpaired) electrons. The molecule has 0 unspecified atom stereocenters. The summed E-state index contributed by atoms with van der Waals surface area (Å²) in [4.78, 5) is 102. The predicted octanol–water partition coefficient (Wildman–Crippen LogP) is 3.35. The molecule has 8 N–H and O–H groups in total. The maximum absolute atomic E-state index is 14.9. The van der Waals surface area contributed by atoms with Crippen molar-refractivity contribution >= 4 is 47.3 Å². The summed E-state index contributed by atoms with van der Waals surface area (Å²) in [6, 6.07) is 15.1. The number of likely N-dealkylation sites (N-methyl/N-ethyl adjacent to an activating group) is 2. The molecule has 3 aromatic carbocycles. The van der Waals surface area contributed by atoms with Crippen LogP contribution in [0.4, 0.5) is 10.5 Å². The van der Waals surface area contributed by atoms with Gasteiger partial charge in [-0.1, -0.05) is 103 Å². The summed E-state index contributed by atoms with van der Waals surface area (Å²) < 4.78 is 28.9. The van der Waals surface area contributed by atoms with Crippen LogP contribution < -0.4 is 20.7 Å². The zero-order valence-electron chi connectivity index (χ0n) is 52.3. The van der Waals surface area contributed by atoms with Gasteiger partial charge in [0.1, 0.15) is 42.8 Å². The van der Waals surface area contributed by atoms with Gasteiger partial charge in [-0.05, 0) is 72.9 Å². The zero-order valence-corrected chi connectivity index (χ0v) is 52.3. The van der Waals surface area contributed by atoms with Gasteiger partial charge in [0.05, 0.1) is 54.5 Å². The van der Waals surface area contributed by atoms with E-state index in [0.717, 1.165) is 11.2 Å². The lowest BCUT2D eigenvalue weighted by Gasteiger charge is -2.41. The number of amides is 6. The van der Waals surface area contributed by atoms with Crippen LogP contribution >= 0.6 is 0 Å². The Morgan fingerprint density at radius 3 is 2.06 bits per heavy atom. The first-order valence-electron chi connectivity index (χ1n) is 29.7. The third kappa shape index (κ3) is 17.3. The molecule has 1 aromatic heterocycles. The number of carboxylic acid groups (broad SMARTS) is 1. The zero-order chi connectivity index (χ0) is 65.6. The monoisotopic (exact) mass is 1240 g/mol. The first-order chi connectivity index (χ1) is 42.2. The lowest BCUT2D eigenvalue weighted by molar-refractivity contribution is -0.271. The average Bonchev–Trinajstić information content (AvgIpc) is 3.82. The number of ether oxygens (including phenoxy) is 5. The van der Waals surface area contributed by atoms with E-state index in [0.29, 0.717) is 36.9 Å². The minimum atomic E-state index is -2.01. The van der Waals surface area contributed by atoms with Crippen LogP contribution in [-0.4, -0.2) is 210 Å². The van der Waals surface area contributed by atoms with Crippen LogP contribution in [0.3, 0.4) is 0 Å². The van der Waals surface area contributed by atoms with Gasteiger partial charge in [0.15, 0.2) is 12.4 Å². The van der Waals surface area contributed by atoms with Crippen molar-refractivity contribution in [1.29, 1.82) is 0 Å². The highest BCUT2D eigenvalue weighted by Crippen LogP contribution is 2.34. The van der Waals surface area contributed by atoms with Crippen LogP contribution in [0.25, 0.3) is 11.4 Å². The van der Waals surface area contributed by atoms with E-state index in [1.807, 2.05) is 32.0 Å². The number of aliphatic hydroxyl groups excluding tert-OH is 4. The summed E-state index contributed by atoms with van der Waals surface area (Å²) >= 11 is 0. The number of hydrogen-bond acceptors (Lipinski definition) is 20. The normalized spacial score (nSPS) is 21.4. The number of aromatic nitrogens is 4. The largest absolute Gasteiger partial charge is 0.479 e. The smallest absolute Gasteiger partial charge is 0.410 e. The maximum Gasteiger partial charge on any atom is 0.410 e. The molecule has 0 bridgehead atoms. The fourth-order valence-corrected chi connectivity index (χ4v) is 11.4. The van der Waals surface area contributed by atoms with Gasteiger partial charge in [0.25, 0.3) is 5.91 Å². The van der Waals surface area contributed by atoms with E-state index in [4.69, 9.17) is 23.7 Å². The van der Waals surface area contributed by atoms with Crippen LogP contribution in [0.2, 0.25) is 0 Å². The molecule has 0 spiro atoms. The highest BCUT2D eigenvalue weighted by atomic mass is 16.7. The van der Waals surface area contributed by atoms with Gasteiger partial charge in [-0.25, -0.2) is 9.59 Å². The Morgan fingerprint density at radius 1 is 0.798 bits per heavy atom. The Labute approximate surface area is 517 Å². The topological polar surface area (TPSA) is 364 Å². The highest BCUT2D eigenvalue weighted by Gasteiger charge is 2.49. The van der Waals surface area contributed by atoms with Gasteiger partial charge >= 0.3 is 12.1 Å². The summed E-state index contributed by atoms with van der Waals surface area (Å²) in [6.07, 6.45) is -10.3. The Kier molecular flexibility index (Phi) is 25.4. The van der Waals surface area contributed by atoms with Gasteiger partial charge in [0.2, 0.25) is 35.7 Å². The number of likely N-dealkylation sites (tertiary alicyclic amines) is 1. The number of nitrogens with one attached hydrogen (secondary N) is 3. The Morgan fingerprint density at radius 2 is 1.46 bits per heavy atom. The summed E-state index contributed by atoms with van der Waals surface area (Å²) in [5.41, 5.74) is 1.47. The molecule has 0 aliphatic carbocycles. The third-order valence-electron chi connectivity index (χ3n) is 16.6. The van der Waals surface area contributed by atoms with Gasteiger partial charge in [-0.15, -0.1) is 20.4 Å². The van der Waals surface area contributed by atoms with Gasteiger partial charge in [-0.2, -0.15) is 0 Å². The molecule has 4 aromatic rings. The molecule has 2 fully saturated rings. The summed E-state index contributed by atoms with van der Waals surface area (Å²) in [5, 5.41) is 75.9. The predicted molar refractivity (Wildman–Crippen MR) is 321 cm³/mol. The van der Waals surface area contributed by atoms with Crippen molar-refractivity contribution in [2.24, 2.45) is 23.7 Å². The van der Waals surface area contributed by atoms with E-state index in [2.05, 4.69) is 36.3 Å². The summed E-state index contributed by atoms with van der Waals surface area (Å²) in [6.45, 7) is 14.3. The molecule has 27 nitrogen and oxygen atoms in total. The van der Waals surface area contributed by atoms with Gasteiger partial charge in [0, 0.05) is 46.0 Å². The van der Waals surface area contributed by atoms with E-state index in [-0.39, 0.29) is 52.5 Å². The van der Waals surface area contributed by atoms with Crippen LogP contribution in [-0.2, 0) is 49.5 Å². The molecule has 27 heteroatoms. The molecule has 2 aliphatic rings. The fourth-order valence-electron chi connectivity index (χ4n) is 11.4. The lowest BCUT2D eigenvalue weighted by atomic mass is 9.89. The van der Waals surface area contributed by atoms with Crippen LogP contribution in [0.5, 0.6) is 5.75 Å². The Bertz CT molecular complexity index is 3020. The van der Waals surface area contributed by atoms with E-state index in [1.165, 1.54) is 56.5 Å². The minimum Gasteiger partial charge on any atom is -0.479 e. The second-order valence-corrected chi connectivity index (χ2v) is 23.4. The van der Waals surface area contributed by atoms with E-state index in [1.54, 1.807) is 77.8 Å². The van der Waals surface area contributed by atoms with Crippen LogP contribution in [0.1, 0.15) is 109 Å². The summed E-state index contributed by atoms with van der Waals surface area (Å²) in [5.74, 6) is -5.94. The van der Waals surface area contributed by atoms with E-state index in [9.17, 15) is 59.1 Å². The third-order valence-corrected chi connectivity index (χ3v) is 16.6. The standard InChI is InChI=1S/C62H86N10O17/c1-13-34(6)48(44(85-11)29-45(73)72-27-17-20-42(72)53(86-12)35(7)56(78)65-36(8)49(74)38-18-15-14-16-19-38)70(9)59(81)46(32(2)3)67-58(80)47(33(4)5)71(10)62(84)87-30-37-21-26-43(88-61-52(77)50(75)51(76)54(89-61)60(82)83)41(28-37)66-57(79)40-24-22-39(23-25-40)55-68-63-31-64-69-55/h14-16,18-19,21-26,28,31-36,42,44,46-54,61,74-77H,13,17,20,27,29-30H2,1-12H3,(H,65,78)(H,66,79)(H,67,80)(H,82,83)/t34-,35+,36+,42-,44+,46-,47-,48-,49+,50-,51-,52+,53+,54-,61+/m0/s1. The van der Waals surface area contributed by atoms with Gasteiger partial charge in [-0.3, -0.25) is 28.9 Å². The fraction of sp³-hybridized carbons (Fsp3) is 0.565. The molecular weight excluding hydrogens is 1160 g/mol. The number of carbonyl (C=O) groups is 7. The molecule has 0 saturated carbocycles. The van der Waals surface area contributed by atoms with E-state index < -0.39 is 133 Å². The molecule has 15 atom stereocenters. The highest BCUT2D eigenvalue weighted by molar-refractivity contribution is 6.05. The van der Waals surface area contributed by atoms with Gasteiger partial charge < -0.3 is 75.0 Å². The number of hydrogen-bond donors (Lipinski definition) is 8. The Hall–Kier alpha value is -7.79.